The second kappa shape index (κ2) is 13.0. The van der Waals surface area contributed by atoms with E-state index < -0.39 is 24.1 Å². The van der Waals surface area contributed by atoms with Crippen LogP contribution in [-0.2, 0) is 25.5 Å². The van der Waals surface area contributed by atoms with Crippen LogP contribution in [0.4, 0.5) is 0 Å². The van der Waals surface area contributed by atoms with Gasteiger partial charge in [-0.1, -0.05) is 49.8 Å². The van der Waals surface area contributed by atoms with Crippen molar-refractivity contribution in [3.63, 3.8) is 0 Å². The Labute approximate surface area is 215 Å². The number of carbonyl (C=O) groups excluding carboxylic acids is 4. The summed E-state index contributed by atoms with van der Waals surface area (Å²) in [6, 6.07) is 0. The van der Waals surface area contributed by atoms with Gasteiger partial charge >= 0.3 is 5.97 Å². The Morgan fingerprint density at radius 1 is 1.16 bits per heavy atom. The van der Waals surface area contributed by atoms with Gasteiger partial charge in [-0.05, 0) is 25.3 Å². The first-order chi connectivity index (χ1) is 17.6. The van der Waals surface area contributed by atoms with Gasteiger partial charge < -0.3 is 24.5 Å². The Morgan fingerprint density at radius 3 is 2.70 bits per heavy atom. The number of oxazole rings is 1. The third-order valence-corrected chi connectivity index (χ3v) is 5.86. The maximum atomic E-state index is 13.1. The van der Waals surface area contributed by atoms with Gasteiger partial charge in [0.2, 0.25) is 11.8 Å². The van der Waals surface area contributed by atoms with Crippen molar-refractivity contribution in [1.29, 1.82) is 0 Å². The molecule has 10 heteroatoms. The van der Waals surface area contributed by atoms with Crippen molar-refractivity contribution >= 4 is 23.6 Å². The lowest BCUT2D eigenvalue weighted by Gasteiger charge is -2.23. The number of aromatic nitrogens is 1. The second-order valence-electron chi connectivity index (χ2n) is 9.33. The molecular formula is C27H33N3O7. The fourth-order valence-electron chi connectivity index (χ4n) is 3.91. The van der Waals surface area contributed by atoms with Crippen molar-refractivity contribution in [3.05, 3.63) is 65.6 Å². The zero-order valence-electron chi connectivity index (χ0n) is 21.3. The van der Waals surface area contributed by atoms with Crippen molar-refractivity contribution in [1.82, 2.24) is 15.2 Å². The molecule has 2 amide bonds. The molecule has 0 radical (unpaired) electrons. The number of aliphatic hydroxyl groups excluding tert-OH is 1. The summed E-state index contributed by atoms with van der Waals surface area (Å²) in [6.45, 7) is 6.13. The number of hydrogen-bond acceptors (Lipinski definition) is 8. The van der Waals surface area contributed by atoms with Crippen LogP contribution in [0, 0.1) is 5.92 Å². The van der Waals surface area contributed by atoms with E-state index in [1.54, 1.807) is 37.3 Å². The molecule has 37 heavy (non-hydrogen) atoms. The van der Waals surface area contributed by atoms with E-state index in [0.29, 0.717) is 12.8 Å². The van der Waals surface area contributed by atoms with E-state index in [-0.39, 0.29) is 60.8 Å². The summed E-state index contributed by atoms with van der Waals surface area (Å²) in [5.41, 5.74) is 0.814. The van der Waals surface area contributed by atoms with E-state index in [9.17, 15) is 24.3 Å². The van der Waals surface area contributed by atoms with E-state index >= 15 is 0 Å². The number of nitrogens with one attached hydrogen (secondary N) is 1. The summed E-state index contributed by atoms with van der Waals surface area (Å²) < 4.78 is 11.0. The molecule has 2 aliphatic heterocycles. The molecule has 2 aliphatic rings. The Bertz CT molecular complexity index is 1140. The van der Waals surface area contributed by atoms with E-state index in [1.807, 2.05) is 13.8 Å². The van der Waals surface area contributed by atoms with Crippen LogP contribution in [0.25, 0.3) is 0 Å². The molecule has 1 aromatic rings. The molecule has 0 spiro atoms. The van der Waals surface area contributed by atoms with Crippen molar-refractivity contribution in [3.8, 4) is 0 Å². The highest BCUT2D eigenvalue weighted by Gasteiger charge is 2.32. The largest absolute Gasteiger partial charge is 0.457 e. The van der Waals surface area contributed by atoms with Crippen LogP contribution in [0.5, 0.6) is 0 Å². The molecule has 0 unspecified atom stereocenters. The minimum absolute atomic E-state index is 0.0269. The average Bonchev–Trinajstić information content (AvgIpc) is 3.50. The molecule has 2 atom stereocenters. The number of ether oxygens (including phenoxy) is 1. The number of aliphatic hydroxyl groups is 1. The highest BCUT2D eigenvalue weighted by molar-refractivity contribution is 6.00. The summed E-state index contributed by atoms with van der Waals surface area (Å²) in [4.78, 5) is 55.9. The third kappa shape index (κ3) is 8.11. The monoisotopic (exact) mass is 511 g/mol. The number of cyclic esters (lactones) is 1. The first-order valence-electron chi connectivity index (χ1n) is 12.3. The van der Waals surface area contributed by atoms with Gasteiger partial charge in [0.25, 0.3) is 5.91 Å². The molecule has 2 N–H and O–H groups in total. The first-order valence-corrected chi connectivity index (χ1v) is 12.3. The number of allylic oxidation sites excluding steroid dienone is 2. The fourth-order valence-corrected chi connectivity index (χ4v) is 3.91. The molecule has 0 aliphatic carbocycles. The van der Waals surface area contributed by atoms with Gasteiger partial charge in [-0.3, -0.25) is 14.4 Å². The summed E-state index contributed by atoms with van der Waals surface area (Å²) in [7, 11) is 0. The van der Waals surface area contributed by atoms with E-state index in [4.69, 9.17) is 9.15 Å². The van der Waals surface area contributed by atoms with Gasteiger partial charge in [-0.25, -0.2) is 9.78 Å². The predicted molar refractivity (Wildman–Crippen MR) is 134 cm³/mol. The molecule has 2 bridgehead atoms. The fraction of sp³-hybridized carbons (Fsp3) is 0.444. The standard InChI is InChI=1S/C27H33N3O7/c1-17(2)23-9-4-10-24(33)28-11-5-7-18(3)13-19(31)14-20(32)15-25-29-21(16-36-25)26(34)30-12-6-8-22(30)27(35)37-23/h4-5,7-8,10,13,16-17,19,23,31H,6,9,11-12,14-15H2,1-3H3,(H,28,33)/b7-5?,10-4+,18-13?/t19-,23+/m1/s1. The maximum Gasteiger partial charge on any atom is 0.355 e. The van der Waals surface area contributed by atoms with E-state index in [0.717, 1.165) is 11.8 Å². The van der Waals surface area contributed by atoms with Gasteiger partial charge in [0, 0.05) is 25.9 Å². The van der Waals surface area contributed by atoms with Gasteiger partial charge in [0.15, 0.2) is 5.69 Å². The van der Waals surface area contributed by atoms with Crippen LogP contribution in [0.1, 0.15) is 56.4 Å². The molecular weight excluding hydrogens is 478 g/mol. The Hall–Kier alpha value is -3.79. The van der Waals surface area contributed by atoms with Gasteiger partial charge in [-0.15, -0.1) is 0 Å². The quantitative estimate of drug-likeness (QED) is 0.548. The van der Waals surface area contributed by atoms with Crippen molar-refractivity contribution < 1.29 is 33.4 Å². The van der Waals surface area contributed by atoms with Crippen molar-refractivity contribution in [2.24, 2.45) is 5.92 Å². The van der Waals surface area contributed by atoms with Crippen molar-refractivity contribution in [2.45, 2.75) is 58.7 Å². The summed E-state index contributed by atoms with van der Waals surface area (Å²) in [6.07, 6.45) is 9.78. The summed E-state index contributed by atoms with van der Waals surface area (Å²) in [5.74, 6) is -1.77. The minimum atomic E-state index is -1.01. The van der Waals surface area contributed by atoms with Crippen LogP contribution in [0.3, 0.4) is 0 Å². The number of ketones is 1. The zero-order chi connectivity index (χ0) is 26.9. The Morgan fingerprint density at radius 2 is 1.95 bits per heavy atom. The molecule has 1 aromatic heterocycles. The molecule has 10 nitrogen and oxygen atoms in total. The highest BCUT2D eigenvalue weighted by Crippen LogP contribution is 2.22. The number of rotatable bonds is 1. The lowest BCUT2D eigenvalue weighted by molar-refractivity contribution is -0.147. The van der Waals surface area contributed by atoms with Gasteiger partial charge in [-0.2, -0.15) is 0 Å². The van der Waals surface area contributed by atoms with Crippen LogP contribution < -0.4 is 5.32 Å². The van der Waals surface area contributed by atoms with Gasteiger partial charge in [0.05, 0.1) is 12.5 Å². The Kier molecular flexibility index (Phi) is 9.73. The molecule has 0 aromatic carbocycles. The van der Waals surface area contributed by atoms with Crippen LogP contribution >= 0.6 is 0 Å². The van der Waals surface area contributed by atoms with E-state index in [2.05, 4.69) is 10.3 Å². The van der Waals surface area contributed by atoms with Crippen LogP contribution in [0.15, 0.2) is 58.4 Å². The lowest BCUT2D eigenvalue weighted by Crippen LogP contribution is -2.34. The number of esters is 1. The number of fused-ring (bicyclic) bond motifs is 3. The predicted octanol–water partition coefficient (Wildman–Crippen LogP) is 2.41. The lowest BCUT2D eigenvalue weighted by atomic mass is 10.0. The Balaban J connectivity index is 1.83. The molecule has 0 saturated carbocycles. The number of Topliss-reactive ketones (excluding diaryl/α,β-unsaturated/α-hetero) is 1. The molecule has 0 fully saturated rings. The molecule has 3 rings (SSSR count). The maximum absolute atomic E-state index is 13.1. The third-order valence-electron chi connectivity index (χ3n) is 5.86. The summed E-state index contributed by atoms with van der Waals surface area (Å²) in [5, 5.41) is 12.9. The van der Waals surface area contributed by atoms with Crippen molar-refractivity contribution in [2.75, 3.05) is 13.1 Å². The number of carbonyl (C=O) groups is 4. The first kappa shape index (κ1) is 27.8. The van der Waals surface area contributed by atoms with Crippen LogP contribution in [0.2, 0.25) is 0 Å². The molecule has 3 heterocycles. The van der Waals surface area contributed by atoms with Crippen LogP contribution in [-0.4, -0.2) is 63.9 Å². The highest BCUT2D eigenvalue weighted by atomic mass is 16.5. The number of hydrogen-bond donors (Lipinski definition) is 2. The molecule has 198 valence electrons. The van der Waals surface area contributed by atoms with E-state index in [1.165, 1.54) is 11.0 Å². The van der Waals surface area contributed by atoms with Gasteiger partial charge in [0.1, 0.15) is 23.8 Å². The number of amides is 2. The topological polar surface area (TPSA) is 139 Å². The second-order valence-corrected chi connectivity index (χ2v) is 9.33. The normalized spacial score (nSPS) is 23.8. The minimum Gasteiger partial charge on any atom is -0.457 e. The number of nitrogens with zero attached hydrogens (tertiary/aromatic N) is 2. The molecule has 0 saturated heterocycles. The average molecular weight is 512 g/mol. The summed E-state index contributed by atoms with van der Waals surface area (Å²) >= 11 is 0. The SMILES string of the molecule is CC1=C[C@@H](O)CC(=O)Cc2nc(co2)C(=O)N2CCC=C2C(=O)O[C@H](C(C)C)C/C=C/C(=O)NCC=C1. The zero-order valence-corrected chi connectivity index (χ0v) is 21.3. The smallest absolute Gasteiger partial charge is 0.355 e.